The van der Waals surface area contributed by atoms with Crippen LogP contribution in [0, 0.1) is 13.8 Å². The molecule has 5 nitrogen and oxygen atoms in total. The van der Waals surface area contributed by atoms with Crippen LogP contribution in [0.4, 0.5) is 13.2 Å². The van der Waals surface area contributed by atoms with Crippen LogP contribution < -0.4 is 10.1 Å². The summed E-state index contributed by atoms with van der Waals surface area (Å²) < 4.78 is 40.8. The fourth-order valence-electron chi connectivity index (χ4n) is 3.10. The molecule has 1 heterocycles. The van der Waals surface area contributed by atoms with Crippen LogP contribution in [0.3, 0.4) is 0 Å². The number of rotatable bonds is 5. The third-order valence-electron chi connectivity index (χ3n) is 4.89. The van der Waals surface area contributed by atoms with Crippen molar-refractivity contribution in [2.45, 2.75) is 33.5 Å². The smallest absolute Gasteiger partial charge is 0.352 e. The lowest BCUT2D eigenvalue weighted by molar-refractivity contribution is -0.137. The van der Waals surface area contributed by atoms with Crippen molar-refractivity contribution in [3.05, 3.63) is 86.2 Å². The van der Waals surface area contributed by atoms with Gasteiger partial charge < -0.3 is 9.88 Å². The predicted molar refractivity (Wildman–Crippen MR) is 117 cm³/mol. The molecule has 1 aromatic heterocycles. The second-order valence-corrected chi connectivity index (χ2v) is 8.35. The number of amides is 2. The fraction of sp³-hybridized carbons (Fsp3) is 0.261. The Kier molecular flexibility index (Phi) is 6.98. The number of carbonyl (C=O) groups is 2. The molecule has 1 N–H and O–H groups in total. The highest BCUT2D eigenvalue weighted by Gasteiger charge is 2.30. The number of hydrogen-bond donors (Lipinski definition) is 1. The van der Waals surface area contributed by atoms with E-state index in [1.54, 1.807) is 18.2 Å². The zero-order valence-corrected chi connectivity index (χ0v) is 18.6. The molecule has 0 aliphatic rings. The number of thiazole rings is 1. The number of benzene rings is 2. The number of carbonyl (C=O) groups excluding carboxylic acids is 2. The minimum Gasteiger partial charge on any atom is -0.352 e. The van der Waals surface area contributed by atoms with E-state index in [1.165, 1.54) is 23.5 Å². The number of aromatic nitrogens is 1. The summed E-state index contributed by atoms with van der Waals surface area (Å²) in [6.45, 7) is 6.48. The zero-order chi connectivity index (χ0) is 23.5. The molecule has 0 fully saturated rings. The van der Waals surface area contributed by atoms with E-state index < -0.39 is 17.6 Å². The minimum absolute atomic E-state index is 0.131. The van der Waals surface area contributed by atoms with E-state index in [4.69, 9.17) is 0 Å². The van der Waals surface area contributed by atoms with Gasteiger partial charge >= 0.3 is 6.18 Å². The molecule has 0 saturated carbocycles. The molecule has 32 heavy (non-hydrogen) atoms. The SMILES string of the molecule is CCNC(=O)c1cccc(Cn2c(C)c(C)sc2=NC(=O)c2cccc(C(F)(F)F)c2)c1. The average molecular weight is 462 g/mol. The van der Waals surface area contributed by atoms with Crippen molar-refractivity contribution in [1.82, 2.24) is 9.88 Å². The first-order valence-corrected chi connectivity index (χ1v) is 10.7. The van der Waals surface area contributed by atoms with Crippen LogP contribution in [0.1, 0.15) is 49.3 Å². The molecule has 0 atom stereocenters. The molecule has 3 aromatic rings. The summed E-state index contributed by atoms with van der Waals surface area (Å²) in [6, 6.07) is 11.3. The monoisotopic (exact) mass is 461 g/mol. The topological polar surface area (TPSA) is 63.5 Å². The number of nitrogens with one attached hydrogen (secondary N) is 1. The number of nitrogens with zero attached hydrogens (tertiary/aromatic N) is 2. The molecule has 168 valence electrons. The molecular weight excluding hydrogens is 439 g/mol. The van der Waals surface area contributed by atoms with E-state index in [2.05, 4.69) is 10.3 Å². The average Bonchev–Trinajstić information content (AvgIpc) is 3.01. The van der Waals surface area contributed by atoms with Gasteiger partial charge in [0.1, 0.15) is 0 Å². The first-order valence-electron chi connectivity index (χ1n) is 9.90. The lowest BCUT2D eigenvalue weighted by atomic mass is 10.1. The molecule has 0 aliphatic heterocycles. The molecule has 0 unspecified atom stereocenters. The van der Waals surface area contributed by atoms with Crippen LogP contribution in [-0.4, -0.2) is 22.9 Å². The number of aryl methyl sites for hydroxylation is 1. The molecule has 0 spiro atoms. The van der Waals surface area contributed by atoms with Crippen molar-refractivity contribution >= 4 is 23.2 Å². The molecule has 0 aliphatic carbocycles. The van der Waals surface area contributed by atoms with Gasteiger partial charge in [0.25, 0.3) is 11.8 Å². The van der Waals surface area contributed by atoms with Gasteiger partial charge in [-0.2, -0.15) is 18.2 Å². The van der Waals surface area contributed by atoms with Crippen molar-refractivity contribution in [1.29, 1.82) is 0 Å². The van der Waals surface area contributed by atoms with Gasteiger partial charge in [-0.1, -0.05) is 18.2 Å². The molecular formula is C23H22F3N3O2S. The van der Waals surface area contributed by atoms with E-state index in [9.17, 15) is 22.8 Å². The Labute approximate surface area is 187 Å². The Bertz CT molecular complexity index is 1230. The molecule has 0 bridgehead atoms. The van der Waals surface area contributed by atoms with Crippen LogP contribution in [0.15, 0.2) is 53.5 Å². The summed E-state index contributed by atoms with van der Waals surface area (Å²) in [4.78, 5) is 30.2. The predicted octanol–water partition coefficient (Wildman–Crippen LogP) is 4.72. The van der Waals surface area contributed by atoms with E-state index in [1.807, 2.05) is 31.4 Å². The highest BCUT2D eigenvalue weighted by Crippen LogP contribution is 2.29. The van der Waals surface area contributed by atoms with E-state index >= 15 is 0 Å². The van der Waals surface area contributed by atoms with E-state index in [-0.39, 0.29) is 11.5 Å². The minimum atomic E-state index is -4.54. The highest BCUT2D eigenvalue weighted by atomic mass is 32.1. The largest absolute Gasteiger partial charge is 0.416 e. The second-order valence-electron chi connectivity index (χ2n) is 7.17. The standard InChI is InChI=1S/C23H22F3N3O2S/c1-4-27-20(30)17-8-5-7-16(11-17)13-29-14(2)15(3)32-22(29)28-21(31)18-9-6-10-19(12-18)23(24,25)26/h5-12H,4,13H2,1-3H3,(H,27,30). The Morgan fingerprint density at radius 3 is 2.44 bits per heavy atom. The molecule has 2 aromatic carbocycles. The molecule has 0 radical (unpaired) electrons. The Balaban J connectivity index is 1.97. The summed E-state index contributed by atoms with van der Waals surface area (Å²) in [5.74, 6) is -0.926. The van der Waals surface area contributed by atoms with Gasteiger partial charge in [0.2, 0.25) is 0 Å². The maximum Gasteiger partial charge on any atom is 0.416 e. The van der Waals surface area contributed by atoms with Gasteiger partial charge in [-0.25, -0.2) is 0 Å². The summed E-state index contributed by atoms with van der Waals surface area (Å²) in [7, 11) is 0. The second kappa shape index (κ2) is 9.52. The first-order chi connectivity index (χ1) is 15.1. The van der Waals surface area contributed by atoms with Crippen LogP contribution in [0.25, 0.3) is 0 Å². The fourth-order valence-corrected chi connectivity index (χ4v) is 4.08. The van der Waals surface area contributed by atoms with Crippen molar-refractivity contribution < 1.29 is 22.8 Å². The third-order valence-corrected chi connectivity index (χ3v) is 5.99. The van der Waals surface area contributed by atoms with Gasteiger partial charge in [-0.15, -0.1) is 11.3 Å². The Hall–Kier alpha value is -3.20. The number of halogens is 3. The number of alkyl halides is 3. The molecule has 3 rings (SSSR count). The quantitative estimate of drug-likeness (QED) is 0.597. The van der Waals surface area contributed by atoms with Crippen LogP contribution in [-0.2, 0) is 12.7 Å². The summed E-state index contributed by atoms with van der Waals surface area (Å²) >= 11 is 1.29. The lowest BCUT2D eigenvalue weighted by Crippen LogP contribution is -2.23. The van der Waals surface area contributed by atoms with Crippen LogP contribution in [0.2, 0.25) is 0 Å². The van der Waals surface area contributed by atoms with Gasteiger partial charge in [-0.3, -0.25) is 9.59 Å². The molecule has 0 saturated heterocycles. The summed E-state index contributed by atoms with van der Waals surface area (Å²) in [5, 5.41) is 2.75. The van der Waals surface area contributed by atoms with E-state index in [0.29, 0.717) is 23.5 Å². The van der Waals surface area contributed by atoms with Gasteiger partial charge in [-0.05, 0) is 56.7 Å². The molecule has 2 amide bonds. The summed E-state index contributed by atoms with van der Waals surface area (Å²) in [6.07, 6.45) is -4.54. The van der Waals surface area contributed by atoms with Crippen LogP contribution in [0.5, 0.6) is 0 Å². The maximum absolute atomic E-state index is 13.0. The first kappa shape index (κ1) is 23.5. The van der Waals surface area contributed by atoms with Crippen LogP contribution >= 0.6 is 11.3 Å². The molecule has 9 heteroatoms. The van der Waals surface area contributed by atoms with Crippen molar-refractivity contribution in [3.8, 4) is 0 Å². The Morgan fingerprint density at radius 2 is 1.75 bits per heavy atom. The van der Waals surface area contributed by atoms with E-state index in [0.717, 1.165) is 28.3 Å². The van der Waals surface area contributed by atoms with Crippen molar-refractivity contribution in [3.63, 3.8) is 0 Å². The van der Waals surface area contributed by atoms with Gasteiger partial charge in [0, 0.05) is 28.2 Å². The Morgan fingerprint density at radius 1 is 1.06 bits per heavy atom. The van der Waals surface area contributed by atoms with Crippen molar-refractivity contribution in [2.24, 2.45) is 4.99 Å². The number of hydrogen-bond acceptors (Lipinski definition) is 3. The normalized spacial score (nSPS) is 12.1. The zero-order valence-electron chi connectivity index (χ0n) is 17.8. The van der Waals surface area contributed by atoms with Crippen molar-refractivity contribution in [2.75, 3.05) is 6.54 Å². The lowest BCUT2D eigenvalue weighted by Gasteiger charge is -2.09. The van der Waals surface area contributed by atoms with Gasteiger partial charge in [0.05, 0.1) is 12.1 Å². The maximum atomic E-state index is 13.0. The third kappa shape index (κ3) is 5.34. The highest BCUT2D eigenvalue weighted by molar-refractivity contribution is 7.09. The van der Waals surface area contributed by atoms with Gasteiger partial charge in [0.15, 0.2) is 4.80 Å². The summed E-state index contributed by atoms with van der Waals surface area (Å²) in [5.41, 5.74) is 1.21.